The Kier molecular flexibility index (Phi) is 6.45. The van der Waals surface area contributed by atoms with Crippen molar-refractivity contribution in [3.05, 3.63) is 89.2 Å². The molecule has 0 saturated carbocycles. The van der Waals surface area contributed by atoms with Crippen molar-refractivity contribution >= 4 is 56.1 Å². The van der Waals surface area contributed by atoms with Gasteiger partial charge in [-0.3, -0.25) is 4.72 Å². The van der Waals surface area contributed by atoms with Crippen LogP contribution in [0.1, 0.15) is 0 Å². The van der Waals surface area contributed by atoms with Crippen molar-refractivity contribution in [2.75, 3.05) is 29.5 Å². The van der Waals surface area contributed by atoms with Gasteiger partial charge in [-0.05, 0) is 47.5 Å². The van der Waals surface area contributed by atoms with Crippen molar-refractivity contribution < 1.29 is 8.42 Å². The first kappa shape index (κ1) is 24.9. The second kappa shape index (κ2) is 9.59. The van der Waals surface area contributed by atoms with Gasteiger partial charge in [-0.25, -0.2) is 13.4 Å². The maximum atomic E-state index is 12.8. The summed E-state index contributed by atoms with van der Waals surface area (Å²) in [7, 11) is 0.0489. The molecule has 0 aliphatic heterocycles. The summed E-state index contributed by atoms with van der Waals surface area (Å²) in [5.74, 6) is 0.417. The summed E-state index contributed by atoms with van der Waals surface area (Å²) < 4.78 is 29.7. The molecular formula is C26H22Cl2N6O2S. The molecule has 2 aromatic heterocycles. The second-order valence-corrected chi connectivity index (χ2v) is 11.0. The van der Waals surface area contributed by atoms with Crippen LogP contribution in [0.4, 0.5) is 17.2 Å². The number of fused-ring (bicyclic) bond motifs is 1. The monoisotopic (exact) mass is 552 g/mol. The maximum absolute atomic E-state index is 12.8. The van der Waals surface area contributed by atoms with Crippen molar-refractivity contribution in [1.29, 1.82) is 0 Å². The van der Waals surface area contributed by atoms with E-state index < -0.39 is 10.0 Å². The molecule has 2 heterocycles. The van der Waals surface area contributed by atoms with Crippen LogP contribution in [0.15, 0.2) is 84.0 Å². The fourth-order valence-corrected chi connectivity index (χ4v) is 5.75. The Morgan fingerprint density at radius 1 is 0.892 bits per heavy atom. The van der Waals surface area contributed by atoms with Crippen LogP contribution in [0.3, 0.4) is 0 Å². The van der Waals surface area contributed by atoms with Crippen molar-refractivity contribution in [2.45, 2.75) is 4.90 Å². The Labute approximate surface area is 224 Å². The summed E-state index contributed by atoms with van der Waals surface area (Å²) in [6, 6.07) is 19.3. The SMILES string of the molecule is CN(C)c1ccc(-c2cnn3c(N)c(-c4ccc(NS(=O)(=O)c5cccc(Cl)c5Cl)cc4)cnc23)cc1. The molecule has 3 N–H and O–H groups in total. The number of nitrogens with one attached hydrogen (secondary N) is 1. The number of anilines is 3. The lowest BCUT2D eigenvalue weighted by molar-refractivity contribution is 0.601. The molecule has 0 atom stereocenters. The zero-order valence-corrected chi connectivity index (χ0v) is 22.2. The number of nitrogens with two attached hydrogens (primary N) is 1. The molecule has 0 spiro atoms. The summed E-state index contributed by atoms with van der Waals surface area (Å²) in [4.78, 5) is 6.55. The minimum absolute atomic E-state index is 0.0346. The van der Waals surface area contributed by atoms with E-state index in [2.05, 4.69) is 14.8 Å². The predicted octanol–water partition coefficient (Wildman–Crippen LogP) is 5.82. The summed E-state index contributed by atoms with van der Waals surface area (Å²) in [6.07, 6.45) is 3.43. The first-order valence-corrected chi connectivity index (χ1v) is 13.4. The third kappa shape index (κ3) is 4.69. The molecule has 0 fully saturated rings. The summed E-state index contributed by atoms with van der Waals surface area (Å²) in [5.41, 5.74) is 11.8. The van der Waals surface area contributed by atoms with Gasteiger partial charge in [-0.15, -0.1) is 0 Å². The molecule has 8 nitrogen and oxygen atoms in total. The smallest absolute Gasteiger partial charge is 0.263 e. The van der Waals surface area contributed by atoms with Crippen LogP contribution in [0, 0.1) is 0 Å². The fourth-order valence-electron chi connectivity index (χ4n) is 3.93. The maximum Gasteiger partial charge on any atom is 0.263 e. The van der Waals surface area contributed by atoms with Crippen molar-refractivity contribution in [1.82, 2.24) is 14.6 Å². The zero-order valence-electron chi connectivity index (χ0n) is 19.9. The van der Waals surface area contributed by atoms with Gasteiger partial charge < -0.3 is 10.6 Å². The van der Waals surface area contributed by atoms with E-state index in [1.54, 1.807) is 41.2 Å². The molecule has 11 heteroatoms. The Morgan fingerprint density at radius 3 is 2.22 bits per heavy atom. The Morgan fingerprint density at radius 2 is 1.54 bits per heavy atom. The van der Waals surface area contributed by atoms with Gasteiger partial charge in [0.1, 0.15) is 10.7 Å². The van der Waals surface area contributed by atoms with Gasteiger partial charge in [0.15, 0.2) is 5.65 Å². The van der Waals surface area contributed by atoms with E-state index in [0.29, 0.717) is 22.7 Å². The lowest BCUT2D eigenvalue weighted by Gasteiger charge is -2.12. The lowest BCUT2D eigenvalue weighted by Crippen LogP contribution is -2.13. The number of aromatic nitrogens is 3. The molecule has 5 rings (SSSR count). The number of hydrogen-bond donors (Lipinski definition) is 2. The summed E-state index contributed by atoms with van der Waals surface area (Å²) in [6.45, 7) is 0. The van der Waals surface area contributed by atoms with Gasteiger partial charge in [0.05, 0.1) is 16.2 Å². The third-order valence-electron chi connectivity index (χ3n) is 5.91. The van der Waals surface area contributed by atoms with E-state index in [1.807, 2.05) is 43.3 Å². The van der Waals surface area contributed by atoms with Crippen LogP contribution in [-0.2, 0) is 10.0 Å². The van der Waals surface area contributed by atoms with E-state index in [1.165, 1.54) is 18.2 Å². The highest BCUT2D eigenvalue weighted by atomic mass is 35.5. The standard InChI is InChI=1S/C26H22Cl2N6O2S/c1-33(2)19-12-8-17(9-13-19)21-15-31-34-25(29)20(14-30-26(21)34)16-6-10-18(11-7-16)32-37(35,36)23-5-3-4-22(27)24(23)28/h3-15,32H,29H2,1-2H3. The molecule has 37 heavy (non-hydrogen) atoms. The number of rotatable bonds is 6. The van der Waals surface area contributed by atoms with Gasteiger partial charge in [-0.1, -0.05) is 53.5 Å². The highest BCUT2D eigenvalue weighted by molar-refractivity contribution is 7.92. The van der Waals surface area contributed by atoms with E-state index in [4.69, 9.17) is 28.9 Å². The molecule has 0 unspecified atom stereocenters. The van der Waals surface area contributed by atoms with Gasteiger partial charge in [-0.2, -0.15) is 9.61 Å². The minimum Gasteiger partial charge on any atom is -0.383 e. The average Bonchev–Trinajstić information content (AvgIpc) is 3.31. The van der Waals surface area contributed by atoms with Gasteiger partial charge >= 0.3 is 0 Å². The van der Waals surface area contributed by atoms with Gasteiger partial charge in [0, 0.05) is 42.8 Å². The molecule has 0 radical (unpaired) electrons. The van der Waals surface area contributed by atoms with Crippen LogP contribution in [0.25, 0.3) is 27.9 Å². The topological polar surface area (TPSA) is 106 Å². The minimum atomic E-state index is -3.93. The Bertz CT molecular complexity index is 1720. The van der Waals surface area contributed by atoms with Crippen LogP contribution in [0.2, 0.25) is 10.0 Å². The first-order chi connectivity index (χ1) is 17.7. The van der Waals surface area contributed by atoms with Crippen molar-refractivity contribution in [3.8, 4) is 22.3 Å². The molecule has 0 aliphatic carbocycles. The molecule has 5 aromatic rings. The normalized spacial score (nSPS) is 11.6. The van der Waals surface area contributed by atoms with E-state index >= 15 is 0 Å². The van der Waals surface area contributed by atoms with Gasteiger partial charge in [0.25, 0.3) is 10.0 Å². The quantitative estimate of drug-likeness (QED) is 0.275. The Hall–Kier alpha value is -3.79. The third-order valence-corrected chi connectivity index (χ3v) is 8.27. The predicted molar refractivity (Wildman–Crippen MR) is 150 cm³/mol. The lowest BCUT2D eigenvalue weighted by atomic mass is 10.1. The summed E-state index contributed by atoms with van der Waals surface area (Å²) >= 11 is 12.1. The Balaban J connectivity index is 1.43. The van der Waals surface area contributed by atoms with Crippen LogP contribution < -0.4 is 15.4 Å². The molecule has 0 bridgehead atoms. The molecule has 0 saturated heterocycles. The number of sulfonamides is 1. The van der Waals surface area contributed by atoms with Crippen LogP contribution in [-0.4, -0.2) is 37.1 Å². The number of nitrogens with zero attached hydrogens (tertiary/aromatic N) is 4. The number of benzene rings is 3. The molecule has 0 amide bonds. The number of hydrogen-bond acceptors (Lipinski definition) is 6. The van der Waals surface area contributed by atoms with Crippen molar-refractivity contribution in [3.63, 3.8) is 0 Å². The zero-order chi connectivity index (χ0) is 26.3. The highest BCUT2D eigenvalue weighted by Gasteiger charge is 2.20. The van der Waals surface area contributed by atoms with E-state index in [9.17, 15) is 8.42 Å². The molecule has 0 aliphatic rings. The highest BCUT2D eigenvalue weighted by Crippen LogP contribution is 2.33. The second-order valence-electron chi connectivity index (χ2n) is 8.53. The fraction of sp³-hybridized carbons (Fsp3) is 0.0769. The molecular weight excluding hydrogens is 531 g/mol. The van der Waals surface area contributed by atoms with Gasteiger partial charge in [0.2, 0.25) is 0 Å². The van der Waals surface area contributed by atoms with Crippen LogP contribution in [0.5, 0.6) is 0 Å². The number of nitrogen functional groups attached to an aromatic ring is 1. The van der Waals surface area contributed by atoms with Crippen molar-refractivity contribution in [2.24, 2.45) is 0 Å². The first-order valence-electron chi connectivity index (χ1n) is 11.1. The summed E-state index contributed by atoms with van der Waals surface area (Å²) in [5, 5.41) is 4.58. The van der Waals surface area contributed by atoms with E-state index in [0.717, 1.165) is 22.4 Å². The van der Waals surface area contributed by atoms with E-state index in [-0.39, 0.29) is 14.9 Å². The molecule has 188 valence electrons. The molecule has 3 aromatic carbocycles. The number of halogens is 2. The average molecular weight is 553 g/mol. The largest absolute Gasteiger partial charge is 0.383 e. The van der Waals surface area contributed by atoms with Crippen LogP contribution >= 0.6 is 23.2 Å².